The Labute approximate surface area is 230 Å². The highest BCUT2D eigenvalue weighted by atomic mass is 16.5. The van der Waals surface area contributed by atoms with Crippen LogP contribution < -0.4 is 26.4 Å². The Hall–Kier alpha value is -3.02. The molecule has 1 fully saturated rings. The van der Waals surface area contributed by atoms with E-state index in [1.165, 1.54) is 0 Å². The zero-order chi connectivity index (χ0) is 28.6. The minimum atomic E-state index is -1.11. The molecule has 0 spiro atoms. The van der Waals surface area contributed by atoms with Gasteiger partial charge >= 0.3 is 5.91 Å². The Kier molecular flexibility index (Phi) is 10.8. The summed E-state index contributed by atoms with van der Waals surface area (Å²) in [5.74, 6) is -0.829. The number of ether oxygens (including phenoxy) is 1. The van der Waals surface area contributed by atoms with Gasteiger partial charge in [0.1, 0.15) is 11.8 Å². The number of likely N-dealkylation sites (tertiary alicyclic amines) is 1. The van der Waals surface area contributed by atoms with Crippen molar-refractivity contribution < 1.29 is 34.8 Å². The molecule has 0 aliphatic carbocycles. The first-order chi connectivity index (χ1) is 18.4. The van der Waals surface area contributed by atoms with E-state index in [2.05, 4.69) is 21.7 Å². The molecule has 3 aliphatic rings. The van der Waals surface area contributed by atoms with E-state index in [0.717, 1.165) is 18.4 Å². The van der Waals surface area contributed by atoms with Gasteiger partial charge in [-0.1, -0.05) is 18.6 Å². The van der Waals surface area contributed by atoms with Crippen LogP contribution in [-0.2, 0) is 25.6 Å². The quantitative estimate of drug-likeness (QED) is 0.326. The third kappa shape index (κ3) is 9.90. The van der Waals surface area contributed by atoms with E-state index >= 15 is 0 Å². The standard InChI is InChI=1S/C28H43N5O6/c1-28(2,3)32-27(38)22-7-4-5-13-33(22)17-23(34)20-15-18-9-11-19(12-10-18)39-14-6-8-25(36)30-21(16-24(29)35)26(37)31-20/h9-12,20-23,34H,4-8,13-17H2,1-3H3,(H2,29,35)(H,30,36)(H,31,37)(H,32,38)/p+1/t20-,21-,22-,23+/m0/s1. The molecule has 0 saturated carbocycles. The molecule has 1 aromatic carbocycles. The fraction of sp³-hybridized carbons (Fsp3) is 0.643. The summed E-state index contributed by atoms with van der Waals surface area (Å²) >= 11 is 0. The number of carbonyl (C=O) groups excluding carboxylic acids is 4. The third-order valence-electron chi connectivity index (χ3n) is 6.91. The second kappa shape index (κ2) is 13.9. The normalized spacial score (nSPS) is 24.4. The van der Waals surface area contributed by atoms with Crippen molar-refractivity contribution in [2.24, 2.45) is 0 Å². The van der Waals surface area contributed by atoms with Crippen LogP contribution in [-0.4, -0.2) is 83.1 Å². The Bertz CT molecular complexity index is 1010. The lowest BCUT2D eigenvalue weighted by Crippen LogP contribution is -2.62. The van der Waals surface area contributed by atoms with Gasteiger partial charge in [-0.25, -0.2) is 4.79 Å². The van der Waals surface area contributed by atoms with E-state index in [1.807, 2.05) is 49.9 Å². The second-order valence-corrected chi connectivity index (χ2v) is 11.6. The predicted molar refractivity (Wildman–Crippen MR) is 144 cm³/mol. The van der Waals surface area contributed by atoms with Gasteiger partial charge in [-0.3, -0.25) is 25.0 Å². The maximum atomic E-state index is 13.3. The number of hydrogen-bond acceptors (Lipinski definition) is 7. The van der Waals surface area contributed by atoms with E-state index in [9.17, 15) is 24.3 Å². The van der Waals surface area contributed by atoms with Crippen LogP contribution in [0.5, 0.6) is 5.75 Å². The van der Waals surface area contributed by atoms with Crippen molar-refractivity contribution in [2.75, 3.05) is 19.7 Å². The summed E-state index contributed by atoms with van der Waals surface area (Å²) in [6, 6.07) is 5.18. The minimum absolute atomic E-state index is 0.0761. The van der Waals surface area contributed by atoms with Gasteiger partial charge in [-0.2, -0.15) is 0 Å². The molecule has 3 aliphatic heterocycles. The fourth-order valence-electron chi connectivity index (χ4n) is 5.00. The van der Waals surface area contributed by atoms with E-state index < -0.39 is 30.0 Å². The number of carbonyl (C=O) groups is 4. The fourth-order valence-corrected chi connectivity index (χ4v) is 5.00. The first-order valence-electron chi connectivity index (χ1n) is 13.8. The summed E-state index contributed by atoms with van der Waals surface area (Å²) in [5.41, 5.74) is 3.86. The molecule has 11 nitrogen and oxygen atoms in total. The average molecular weight is 547 g/mol. The lowest BCUT2D eigenvalue weighted by atomic mass is 9.96. The van der Waals surface area contributed by atoms with Crippen LogP contribution in [0.2, 0.25) is 0 Å². The van der Waals surface area contributed by atoms with Gasteiger partial charge in [0.25, 0.3) is 0 Å². The van der Waals surface area contributed by atoms with Crippen molar-refractivity contribution in [1.82, 2.24) is 20.9 Å². The number of nitrogens with zero attached hydrogens (tertiary/aromatic N) is 1. The molecule has 39 heavy (non-hydrogen) atoms. The number of amides is 4. The number of β-amino-alcohol motifs (C(OH)–C–C–N with tert-alkyl or cyclic N) is 1. The van der Waals surface area contributed by atoms with Crippen LogP contribution in [0.25, 0.3) is 0 Å². The van der Waals surface area contributed by atoms with E-state index in [0.29, 0.717) is 38.2 Å². The molecule has 4 atom stereocenters. The second-order valence-electron chi connectivity index (χ2n) is 11.6. The molecule has 4 rings (SSSR count). The van der Waals surface area contributed by atoms with Crippen molar-refractivity contribution >= 4 is 23.6 Å². The van der Waals surface area contributed by atoms with Gasteiger partial charge in [0.15, 0.2) is 0 Å². The van der Waals surface area contributed by atoms with E-state index in [4.69, 9.17) is 4.74 Å². The predicted octanol–water partition coefficient (Wildman–Crippen LogP) is -0.340. The van der Waals surface area contributed by atoms with Crippen LogP contribution in [0.15, 0.2) is 24.3 Å². The van der Waals surface area contributed by atoms with Crippen molar-refractivity contribution in [3.05, 3.63) is 29.8 Å². The molecule has 3 heterocycles. The van der Waals surface area contributed by atoms with Gasteiger partial charge in [-0.15, -0.1) is 0 Å². The van der Waals surface area contributed by atoms with Crippen LogP contribution >= 0.6 is 0 Å². The molecule has 4 amide bonds. The zero-order valence-electron chi connectivity index (χ0n) is 23.3. The van der Waals surface area contributed by atoms with Gasteiger partial charge in [0, 0.05) is 18.5 Å². The number of hydrogen-bond donors (Lipinski definition) is 5. The number of fused-ring (bicyclic) bond motifs is 12. The van der Waals surface area contributed by atoms with Crippen molar-refractivity contribution in [2.45, 2.75) is 95.5 Å². The lowest BCUT2D eigenvalue weighted by Gasteiger charge is -2.39. The van der Waals surface area contributed by atoms with Crippen molar-refractivity contribution in [3.63, 3.8) is 0 Å². The summed E-state index contributed by atoms with van der Waals surface area (Å²) in [7, 11) is 0. The highest BCUT2D eigenvalue weighted by Gasteiger charge is 2.35. The van der Waals surface area contributed by atoms with Crippen LogP contribution in [0.4, 0.5) is 0 Å². The molecule has 11 heteroatoms. The largest absolute Gasteiger partial charge is 0.494 e. The van der Waals surface area contributed by atoms with Crippen LogP contribution in [0, 0.1) is 0 Å². The number of nitrogens with one attached hydrogen (secondary N) is 3. The van der Waals surface area contributed by atoms with Crippen LogP contribution in [0.3, 0.4) is 0 Å². The number of quaternary nitrogens is 1. The third-order valence-corrected chi connectivity index (χ3v) is 6.91. The minimum Gasteiger partial charge on any atom is -0.494 e. The Morgan fingerprint density at radius 1 is 1.15 bits per heavy atom. The number of rotatable bonds is 6. The molecule has 2 bridgehead atoms. The highest BCUT2D eigenvalue weighted by molar-refractivity contribution is 5.90. The lowest BCUT2D eigenvalue weighted by molar-refractivity contribution is -0.306. The molecule has 1 aromatic rings. The Morgan fingerprint density at radius 3 is 2.54 bits per heavy atom. The maximum absolute atomic E-state index is 13.3. The Balaban J connectivity index is 1.83. The summed E-state index contributed by atoms with van der Waals surface area (Å²) in [5, 5.41) is 20.0. The van der Waals surface area contributed by atoms with E-state index in [-0.39, 0.29) is 42.8 Å². The number of benzene rings is 1. The summed E-state index contributed by atoms with van der Waals surface area (Å²) < 4.78 is 5.72. The highest BCUT2D eigenvalue weighted by Crippen LogP contribution is 2.21. The van der Waals surface area contributed by atoms with Gasteiger partial charge in [-0.05, 0) is 70.7 Å². The molecule has 7 N–H and O–H groups in total. The van der Waals surface area contributed by atoms with Gasteiger partial charge in [0.2, 0.25) is 17.7 Å². The summed E-state index contributed by atoms with van der Waals surface area (Å²) in [4.78, 5) is 52.6. The van der Waals surface area contributed by atoms with Crippen LogP contribution in [0.1, 0.15) is 64.9 Å². The molecule has 1 saturated heterocycles. The zero-order valence-corrected chi connectivity index (χ0v) is 23.3. The first kappa shape index (κ1) is 30.5. The summed E-state index contributed by atoms with van der Waals surface area (Å²) in [6.07, 6.45) is 2.12. The number of aliphatic hydroxyl groups is 1. The molecular formula is C28H44N5O6+. The molecule has 0 radical (unpaired) electrons. The Morgan fingerprint density at radius 2 is 1.87 bits per heavy atom. The average Bonchev–Trinajstić information content (AvgIpc) is 2.85. The smallest absolute Gasteiger partial charge is 0.311 e. The van der Waals surface area contributed by atoms with Crippen molar-refractivity contribution in [3.8, 4) is 5.75 Å². The van der Waals surface area contributed by atoms with Gasteiger partial charge < -0.3 is 25.8 Å². The molecule has 0 aromatic heterocycles. The van der Waals surface area contributed by atoms with Gasteiger partial charge in [0.05, 0.1) is 31.2 Å². The monoisotopic (exact) mass is 546 g/mol. The maximum Gasteiger partial charge on any atom is 0.311 e. The topological polar surface area (TPSA) is 165 Å². The molecule has 216 valence electrons. The molecule has 0 unspecified atom stereocenters. The molecular weight excluding hydrogens is 502 g/mol. The first-order valence-corrected chi connectivity index (χ1v) is 13.8. The van der Waals surface area contributed by atoms with E-state index in [1.54, 1.807) is 0 Å². The SMILES string of the molecule is CC(C)(C)NC(=O)[C@@H]1CCCCN1C[C@@H](O)[C@@H]1Cc2ccc(cc2)OCCCC(=O)N[C@@H](CC([NH3+])=O)C(=O)N1. The van der Waals surface area contributed by atoms with Crippen molar-refractivity contribution in [1.29, 1.82) is 0 Å². The number of aliphatic hydroxyl groups excluding tert-OH is 1. The summed E-state index contributed by atoms with van der Waals surface area (Å²) in [6.45, 7) is 6.96. The number of piperidine rings is 1.